The maximum absolute atomic E-state index is 8.98. The molecule has 0 bridgehead atoms. The van der Waals surface area contributed by atoms with Gasteiger partial charge in [0.15, 0.2) is 5.82 Å². The predicted molar refractivity (Wildman–Crippen MR) is 65.2 cm³/mol. The Kier molecular flexibility index (Phi) is 3.89. The van der Waals surface area contributed by atoms with Gasteiger partial charge in [-0.1, -0.05) is 19.3 Å². The lowest BCUT2D eigenvalue weighted by Gasteiger charge is -2.23. The van der Waals surface area contributed by atoms with Gasteiger partial charge in [0.1, 0.15) is 6.07 Å². The van der Waals surface area contributed by atoms with Gasteiger partial charge in [-0.2, -0.15) is 10.4 Å². The summed E-state index contributed by atoms with van der Waals surface area (Å²) in [4.78, 5) is 0. The molecule has 1 saturated carbocycles. The zero-order valence-electron chi connectivity index (χ0n) is 9.76. The molecule has 0 radical (unpaired) electrons. The molecular formula is C12H17N5. The number of nitrogens with one attached hydrogen (secondary N) is 1. The first-order valence-corrected chi connectivity index (χ1v) is 6.05. The van der Waals surface area contributed by atoms with E-state index < -0.39 is 0 Å². The predicted octanol–water partition coefficient (Wildman–Crippen LogP) is 1.42. The molecule has 0 aromatic carbocycles. The van der Waals surface area contributed by atoms with Gasteiger partial charge in [0, 0.05) is 12.1 Å². The average Bonchev–Trinajstić information content (AvgIpc) is 2.56. The highest BCUT2D eigenvalue weighted by Gasteiger charge is 2.21. The van der Waals surface area contributed by atoms with Crippen molar-refractivity contribution in [3.8, 4) is 6.07 Å². The van der Waals surface area contributed by atoms with Gasteiger partial charge in [0.2, 0.25) is 0 Å². The minimum atomic E-state index is 0.131. The van der Waals surface area contributed by atoms with Crippen LogP contribution in [0, 0.1) is 11.3 Å². The monoisotopic (exact) mass is 231 g/mol. The van der Waals surface area contributed by atoms with Crippen molar-refractivity contribution in [3.05, 3.63) is 17.8 Å². The highest BCUT2D eigenvalue weighted by atomic mass is 15.2. The van der Waals surface area contributed by atoms with Gasteiger partial charge < -0.3 is 11.1 Å². The fourth-order valence-electron chi connectivity index (χ4n) is 2.22. The second-order valence-corrected chi connectivity index (χ2v) is 4.46. The number of anilines is 1. The Morgan fingerprint density at radius 3 is 3.00 bits per heavy atom. The van der Waals surface area contributed by atoms with Gasteiger partial charge in [-0.25, -0.2) is 0 Å². The molecule has 1 aromatic heterocycles. The lowest BCUT2D eigenvalue weighted by Crippen LogP contribution is -2.39. The van der Waals surface area contributed by atoms with Crippen molar-refractivity contribution in [1.82, 2.24) is 10.2 Å². The van der Waals surface area contributed by atoms with E-state index in [1.165, 1.54) is 25.5 Å². The van der Waals surface area contributed by atoms with Gasteiger partial charge in [-0.3, -0.25) is 0 Å². The van der Waals surface area contributed by atoms with Gasteiger partial charge in [0.05, 0.1) is 11.8 Å². The molecule has 90 valence electrons. The highest BCUT2D eigenvalue weighted by molar-refractivity contribution is 5.50. The third-order valence-electron chi connectivity index (χ3n) is 3.23. The van der Waals surface area contributed by atoms with E-state index in [4.69, 9.17) is 11.0 Å². The summed E-state index contributed by atoms with van der Waals surface area (Å²) in [7, 11) is 0. The molecule has 1 aliphatic rings. The molecule has 2 unspecified atom stereocenters. The molecule has 3 N–H and O–H groups in total. The molecule has 1 aromatic rings. The first kappa shape index (κ1) is 11.8. The van der Waals surface area contributed by atoms with Gasteiger partial charge >= 0.3 is 0 Å². The quantitative estimate of drug-likeness (QED) is 0.751. The molecule has 1 aliphatic carbocycles. The lowest BCUT2D eigenvalue weighted by atomic mass is 10.0. The number of rotatable bonds is 2. The maximum atomic E-state index is 8.98. The zero-order chi connectivity index (χ0) is 12.1. The Balaban J connectivity index is 2.11. The van der Waals surface area contributed by atoms with Crippen LogP contribution in [0.4, 0.5) is 5.82 Å². The van der Waals surface area contributed by atoms with E-state index in [1.54, 1.807) is 6.07 Å². The standard InChI is InChI=1S/C12H17N5/c13-8-9-6-7-15-17-12(9)16-11-5-3-1-2-4-10(11)14/h6-7,10-11H,1-5,14H2,(H,16,17). The second kappa shape index (κ2) is 5.60. The first-order valence-electron chi connectivity index (χ1n) is 6.05. The summed E-state index contributed by atoms with van der Waals surface area (Å²) in [5.41, 5.74) is 6.65. The lowest BCUT2D eigenvalue weighted by molar-refractivity contribution is 0.526. The largest absolute Gasteiger partial charge is 0.363 e. The molecule has 0 spiro atoms. The molecule has 17 heavy (non-hydrogen) atoms. The minimum absolute atomic E-state index is 0.131. The smallest absolute Gasteiger partial charge is 0.166 e. The number of nitrogens with zero attached hydrogens (tertiary/aromatic N) is 3. The van der Waals surface area contributed by atoms with Crippen LogP contribution in [0.5, 0.6) is 0 Å². The fourth-order valence-corrected chi connectivity index (χ4v) is 2.22. The number of nitriles is 1. The van der Waals surface area contributed by atoms with E-state index in [9.17, 15) is 0 Å². The summed E-state index contributed by atoms with van der Waals surface area (Å²) in [5.74, 6) is 0.553. The Bertz CT molecular complexity index is 412. The molecule has 2 atom stereocenters. The molecule has 0 amide bonds. The van der Waals surface area contributed by atoms with Crippen molar-refractivity contribution < 1.29 is 0 Å². The molecule has 5 nitrogen and oxygen atoms in total. The van der Waals surface area contributed by atoms with Crippen LogP contribution in [0.2, 0.25) is 0 Å². The van der Waals surface area contributed by atoms with E-state index >= 15 is 0 Å². The van der Waals surface area contributed by atoms with E-state index in [1.807, 2.05) is 0 Å². The summed E-state index contributed by atoms with van der Waals surface area (Å²) in [5, 5.41) is 20.0. The van der Waals surface area contributed by atoms with Crippen molar-refractivity contribution >= 4 is 5.82 Å². The maximum Gasteiger partial charge on any atom is 0.166 e. The van der Waals surface area contributed by atoms with Crippen LogP contribution in [0.25, 0.3) is 0 Å². The molecule has 2 rings (SSSR count). The molecule has 0 saturated heterocycles. The summed E-state index contributed by atoms with van der Waals surface area (Å²) in [6, 6.07) is 4.10. The molecule has 1 heterocycles. The molecular weight excluding hydrogens is 214 g/mol. The fraction of sp³-hybridized carbons (Fsp3) is 0.583. The Morgan fingerprint density at radius 2 is 2.18 bits per heavy atom. The third-order valence-corrected chi connectivity index (χ3v) is 3.23. The Labute approximate surface area is 101 Å². The number of nitrogens with two attached hydrogens (primary N) is 1. The highest BCUT2D eigenvalue weighted by Crippen LogP contribution is 2.20. The topological polar surface area (TPSA) is 87.6 Å². The van der Waals surface area contributed by atoms with Crippen LogP contribution in [0.1, 0.15) is 37.7 Å². The van der Waals surface area contributed by atoms with Crippen molar-refractivity contribution in [3.63, 3.8) is 0 Å². The minimum Gasteiger partial charge on any atom is -0.363 e. The van der Waals surface area contributed by atoms with Crippen molar-refractivity contribution in [1.29, 1.82) is 5.26 Å². The first-order chi connectivity index (χ1) is 8.31. The van der Waals surface area contributed by atoms with Crippen molar-refractivity contribution in [2.75, 3.05) is 5.32 Å². The van der Waals surface area contributed by atoms with E-state index in [0.717, 1.165) is 12.8 Å². The van der Waals surface area contributed by atoms with E-state index in [0.29, 0.717) is 11.4 Å². The zero-order valence-corrected chi connectivity index (χ0v) is 9.76. The SMILES string of the molecule is N#Cc1ccnnc1NC1CCCCCC1N. The normalized spacial score (nSPS) is 24.7. The van der Waals surface area contributed by atoms with Crippen LogP contribution in [0.15, 0.2) is 12.3 Å². The van der Waals surface area contributed by atoms with Crippen LogP contribution < -0.4 is 11.1 Å². The van der Waals surface area contributed by atoms with E-state index in [2.05, 4.69) is 21.6 Å². The van der Waals surface area contributed by atoms with Crippen LogP contribution in [-0.2, 0) is 0 Å². The number of hydrogen-bond donors (Lipinski definition) is 2. The molecule has 0 aliphatic heterocycles. The van der Waals surface area contributed by atoms with Crippen molar-refractivity contribution in [2.24, 2.45) is 5.73 Å². The van der Waals surface area contributed by atoms with Gasteiger partial charge in [0.25, 0.3) is 0 Å². The van der Waals surface area contributed by atoms with Gasteiger partial charge in [-0.15, -0.1) is 5.10 Å². The van der Waals surface area contributed by atoms with Crippen molar-refractivity contribution in [2.45, 2.75) is 44.2 Å². The number of aromatic nitrogens is 2. The Hall–Kier alpha value is -1.67. The average molecular weight is 231 g/mol. The molecule has 1 fully saturated rings. The Morgan fingerprint density at radius 1 is 1.35 bits per heavy atom. The molecule has 5 heteroatoms. The van der Waals surface area contributed by atoms with Crippen LogP contribution in [-0.4, -0.2) is 22.3 Å². The number of hydrogen-bond acceptors (Lipinski definition) is 5. The summed E-state index contributed by atoms with van der Waals surface area (Å²) >= 11 is 0. The van der Waals surface area contributed by atoms with Crippen LogP contribution >= 0.6 is 0 Å². The van der Waals surface area contributed by atoms with E-state index in [-0.39, 0.29) is 12.1 Å². The summed E-state index contributed by atoms with van der Waals surface area (Å²) in [6.45, 7) is 0. The third kappa shape index (κ3) is 2.92. The second-order valence-electron chi connectivity index (χ2n) is 4.46. The van der Waals surface area contributed by atoms with Crippen LogP contribution in [0.3, 0.4) is 0 Å². The summed E-state index contributed by atoms with van der Waals surface area (Å²) < 4.78 is 0. The van der Waals surface area contributed by atoms with Gasteiger partial charge in [-0.05, 0) is 18.9 Å². The summed E-state index contributed by atoms with van der Waals surface area (Å²) in [6.07, 6.45) is 7.18.